The van der Waals surface area contributed by atoms with Gasteiger partial charge in [-0.15, -0.1) is 11.7 Å². The summed E-state index contributed by atoms with van der Waals surface area (Å²) in [5.74, 6) is -0.172. The third kappa shape index (κ3) is 2.61. The number of aliphatic hydroxyl groups is 1. The highest BCUT2D eigenvalue weighted by Crippen LogP contribution is 2.06. The Morgan fingerprint density at radius 3 is 3.07 bits per heavy atom. The normalized spacial score (nSPS) is 9.79. The van der Waals surface area contributed by atoms with E-state index >= 15 is 0 Å². The third-order valence-electron chi connectivity index (χ3n) is 1.58. The Labute approximate surface area is 85.8 Å². The zero-order chi connectivity index (χ0) is 10.4. The van der Waals surface area contributed by atoms with Crippen molar-refractivity contribution in [3.05, 3.63) is 23.7 Å². The van der Waals surface area contributed by atoms with Gasteiger partial charge in [0.05, 0.1) is 12.8 Å². The smallest absolute Gasteiger partial charge is 0.267 e. The molecule has 0 spiro atoms. The summed E-state index contributed by atoms with van der Waals surface area (Å²) in [6.45, 7) is 4.19. The van der Waals surface area contributed by atoms with Crippen molar-refractivity contribution in [3.63, 3.8) is 0 Å². The highest BCUT2D eigenvalue weighted by molar-refractivity contribution is 7.07. The summed E-state index contributed by atoms with van der Waals surface area (Å²) < 4.78 is 3.60. The first-order chi connectivity index (χ1) is 6.79. The first-order valence-corrected chi connectivity index (χ1v) is 4.85. The minimum atomic E-state index is -0.172. The van der Waals surface area contributed by atoms with E-state index in [9.17, 15) is 4.79 Å². The molecule has 0 unspecified atom stereocenters. The molecule has 1 amide bonds. The van der Waals surface area contributed by atoms with Gasteiger partial charge in [-0.25, -0.2) is 0 Å². The van der Waals surface area contributed by atoms with E-state index in [0.29, 0.717) is 18.0 Å². The van der Waals surface area contributed by atoms with E-state index in [-0.39, 0.29) is 12.5 Å². The summed E-state index contributed by atoms with van der Waals surface area (Å²) in [5, 5.41) is 12.3. The maximum Gasteiger partial charge on any atom is 0.267 e. The molecule has 0 saturated heterocycles. The van der Waals surface area contributed by atoms with Gasteiger partial charge in [-0.05, 0) is 11.5 Å². The molecule has 76 valence electrons. The molecule has 0 aromatic carbocycles. The Morgan fingerprint density at radius 1 is 1.79 bits per heavy atom. The van der Waals surface area contributed by atoms with Crippen molar-refractivity contribution in [2.24, 2.45) is 0 Å². The highest BCUT2D eigenvalue weighted by atomic mass is 32.1. The molecule has 1 aromatic heterocycles. The summed E-state index contributed by atoms with van der Waals surface area (Å²) in [7, 11) is 0. The number of aliphatic hydroxyl groups excluding tert-OH is 1. The van der Waals surface area contributed by atoms with Crippen molar-refractivity contribution in [2.75, 3.05) is 19.7 Å². The van der Waals surface area contributed by atoms with Crippen LogP contribution in [0.15, 0.2) is 18.9 Å². The van der Waals surface area contributed by atoms with Crippen LogP contribution in [0.1, 0.15) is 9.67 Å². The Balaban J connectivity index is 2.68. The average Bonchev–Trinajstić information content (AvgIpc) is 2.69. The lowest BCUT2D eigenvalue weighted by Crippen LogP contribution is -2.33. The molecule has 0 bridgehead atoms. The van der Waals surface area contributed by atoms with E-state index in [1.54, 1.807) is 6.08 Å². The fraction of sp³-hybridized carbons (Fsp3) is 0.375. The predicted molar refractivity (Wildman–Crippen MR) is 53.1 cm³/mol. The van der Waals surface area contributed by atoms with Gasteiger partial charge in [0.15, 0.2) is 0 Å². The van der Waals surface area contributed by atoms with E-state index in [1.807, 2.05) is 0 Å². The van der Waals surface area contributed by atoms with Gasteiger partial charge in [-0.3, -0.25) is 4.79 Å². The van der Waals surface area contributed by atoms with Crippen molar-refractivity contribution < 1.29 is 9.90 Å². The van der Waals surface area contributed by atoms with Crippen molar-refractivity contribution in [2.45, 2.75) is 0 Å². The Hall–Kier alpha value is -1.27. The van der Waals surface area contributed by atoms with Crippen LogP contribution in [0.25, 0.3) is 0 Å². The number of hydrogen-bond acceptors (Lipinski definition) is 5. The second kappa shape index (κ2) is 5.46. The zero-order valence-corrected chi connectivity index (χ0v) is 8.40. The summed E-state index contributed by atoms with van der Waals surface area (Å²) in [5.41, 5.74) is 0. The lowest BCUT2D eigenvalue weighted by atomic mass is 10.4. The number of rotatable bonds is 5. The Morgan fingerprint density at radius 2 is 2.57 bits per heavy atom. The Kier molecular flexibility index (Phi) is 4.21. The topological polar surface area (TPSA) is 66.3 Å². The molecule has 0 aliphatic heterocycles. The number of amides is 1. The molecule has 0 saturated carbocycles. The zero-order valence-electron chi connectivity index (χ0n) is 7.59. The molecular weight excluding hydrogens is 202 g/mol. The lowest BCUT2D eigenvalue weighted by Gasteiger charge is -2.18. The van der Waals surface area contributed by atoms with Gasteiger partial charge in [0.1, 0.15) is 4.88 Å². The van der Waals surface area contributed by atoms with Gasteiger partial charge in [0, 0.05) is 13.1 Å². The average molecular weight is 213 g/mol. The monoisotopic (exact) mass is 213 g/mol. The summed E-state index contributed by atoms with van der Waals surface area (Å²) in [6.07, 6.45) is 3.03. The van der Waals surface area contributed by atoms with Crippen molar-refractivity contribution in [1.29, 1.82) is 0 Å². The molecule has 5 nitrogen and oxygen atoms in total. The molecule has 0 fully saturated rings. The second-order valence-corrected chi connectivity index (χ2v) is 3.33. The van der Waals surface area contributed by atoms with Crippen molar-refractivity contribution >= 4 is 17.4 Å². The van der Waals surface area contributed by atoms with Crippen LogP contribution in [0.3, 0.4) is 0 Å². The molecule has 0 aliphatic rings. The first-order valence-electron chi connectivity index (χ1n) is 4.08. The highest BCUT2D eigenvalue weighted by Gasteiger charge is 2.15. The molecule has 1 rings (SSSR count). The van der Waals surface area contributed by atoms with E-state index in [1.165, 1.54) is 11.1 Å². The van der Waals surface area contributed by atoms with Gasteiger partial charge in [0.25, 0.3) is 5.91 Å². The molecule has 14 heavy (non-hydrogen) atoms. The minimum absolute atomic E-state index is 0.0637. The summed E-state index contributed by atoms with van der Waals surface area (Å²) in [6, 6.07) is 0. The quantitative estimate of drug-likeness (QED) is 0.707. The number of nitrogens with zero attached hydrogens (tertiary/aromatic N) is 3. The van der Waals surface area contributed by atoms with Crippen LogP contribution in [0.4, 0.5) is 0 Å². The van der Waals surface area contributed by atoms with Crippen LogP contribution < -0.4 is 0 Å². The SMILES string of the molecule is C=CCN(CCO)C(=O)c1cnns1. The van der Waals surface area contributed by atoms with Gasteiger partial charge in [-0.2, -0.15) is 0 Å². The molecule has 1 heterocycles. The van der Waals surface area contributed by atoms with Gasteiger partial charge in [0.2, 0.25) is 0 Å². The predicted octanol–water partition coefficient (Wildman–Crippen LogP) is 0.159. The lowest BCUT2D eigenvalue weighted by molar-refractivity contribution is 0.0747. The van der Waals surface area contributed by atoms with Crippen LogP contribution in [-0.4, -0.2) is 45.2 Å². The van der Waals surface area contributed by atoms with Gasteiger partial charge < -0.3 is 10.0 Å². The van der Waals surface area contributed by atoms with E-state index in [2.05, 4.69) is 16.2 Å². The summed E-state index contributed by atoms with van der Waals surface area (Å²) >= 11 is 1.04. The largest absolute Gasteiger partial charge is 0.395 e. The molecule has 0 aliphatic carbocycles. The number of aromatic nitrogens is 2. The molecule has 0 radical (unpaired) electrons. The standard InChI is InChI=1S/C8H11N3O2S/c1-2-3-11(4-5-12)8(13)7-6-9-10-14-7/h2,6,12H,1,3-5H2. The van der Waals surface area contributed by atoms with Crippen LogP contribution in [0.5, 0.6) is 0 Å². The molecule has 1 N–H and O–H groups in total. The first kappa shape index (κ1) is 10.8. The van der Waals surface area contributed by atoms with Gasteiger partial charge in [-0.1, -0.05) is 10.6 Å². The third-order valence-corrected chi connectivity index (χ3v) is 2.23. The molecule has 1 aromatic rings. The molecule has 6 heteroatoms. The van der Waals surface area contributed by atoms with Crippen molar-refractivity contribution in [1.82, 2.24) is 14.5 Å². The van der Waals surface area contributed by atoms with Crippen LogP contribution in [-0.2, 0) is 0 Å². The van der Waals surface area contributed by atoms with E-state index in [4.69, 9.17) is 5.11 Å². The van der Waals surface area contributed by atoms with Crippen LogP contribution in [0.2, 0.25) is 0 Å². The molecule has 0 atom stereocenters. The van der Waals surface area contributed by atoms with E-state index in [0.717, 1.165) is 11.5 Å². The number of carbonyl (C=O) groups excluding carboxylic acids is 1. The number of hydrogen-bond donors (Lipinski definition) is 1. The fourth-order valence-electron chi connectivity index (χ4n) is 0.970. The van der Waals surface area contributed by atoms with Crippen molar-refractivity contribution in [3.8, 4) is 0 Å². The van der Waals surface area contributed by atoms with E-state index < -0.39 is 0 Å². The molecular formula is C8H11N3O2S. The minimum Gasteiger partial charge on any atom is -0.395 e. The Bertz CT molecular complexity index is 300. The fourth-order valence-corrected chi connectivity index (χ4v) is 1.45. The number of carbonyl (C=O) groups is 1. The second-order valence-electron chi connectivity index (χ2n) is 2.55. The summed E-state index contributed by atoms with van der Waals surface area (Å²) in [4.78, 5) is 13.6. The van der Waals surface area contributed by atoms with Gasteiger partial charge >= 0.3 is 0 Å². The maximum absolute atomic E-state index is 11.7. The van der Waals surface area contributed by atoms with Crippen LogP contribution >= 0.6 is 11.5 Å². The van der Waals surface area contributed by atoms with Crippen LogP contribution in [0, 0.1) is 0 Å². The maximum atomic E-state index is 11.7.